The Bertz CT molecular complexity index is 2240. The second-order valence-electron chi connectivity index (χ2n) is 11.7. The maximum absolute atomic E-state index is 14.2. The van der Waals surface area contributed by atoms with Gasteiger partial charge in [-0.15, -0.1) is 11.3 Å². The molecule has 238 valence electrons. The monoisotopic (exact) mass is 656 g/mol. The van der Waals surface area contributed by atoms with E-state index in [0.29, 0.717) is 41.5 Å². The number of ether oxygens (including phenoxy) is 2. The lowest BCUT2D eigenvalue weighted by Gasteiger charge is -2.18. The fourth-order valence-electron chi connectivity index (χ4n) is 5.11. The van der Waals surface area contributed by atoms with Crippen molar-refractivity contribution in [3.63, 3.8) is 0 Å². The summed E-state index contributed by atoms with van der Waals surface area (Å²) in [6, 6.07) is 21.0. The zero-order valence-corrected chi connectivity index (χ0v) is 26.3. The molecule has 0 aliphatic carbocycles. The fraction of sp³-hybridized carbons (Fsp3) is 0.200. The molecule has 12 heteroatoms. The number of thiazole rings is 1. The summed E-state index contributed by atoms with van der Waals surface area (Å²) in [5.74, 6) is 0.484. The van der Waals surface area contributed by atoms with E-state index in [1.54, 1.807) is 49.8 Å². The third-order valence-corrected chi connectivity index (χ3v) is 8.47. The number of alkyl halides is 3. The second kappa shape index (κ2) is 12.1. The smallest absolute Gasteiger partial charge is 0.418 e. The summed E-state index contributed by atoms with van der Waals surface area (Å²) in [5.41, 5.74) is -1.57. The lowest BCUT2D eigenvalue weighted by atomic mass is 9.87. The van der Waals surface area contributed by atoms with Gasteiger partial charge in [0, 0.05) is 22.7 Å². The van der Waals surface area contributed by atoms with Crippen molar-refractivity contribution in [1.29, 1.82) is 5.26 Å². The molecule has 6 rings (SSSR count). The van der Waals surface area contributed by atoms with Crippen LogP contribution >= 0.6 is 11.3 Å². The van der Waals surface area contributed by atoms with Gasteiger partial charge in [-0.3, -0.25) is 14.2 Å². The largest absolute Gasteiger partial charge is 0.486 e. The Kier molecular flexibility index (Phi) is 8.11. The van der Waals surface area contributed by atoms with Crippen LogP contribution in [0.25, 0.3) is 34.3 Å². The lowest BCUT2D eigenvalue weighted by molar-refractivity contribution is -0.137. The van der Waals surface area contributed by atoms with E-state index in [1.165, 1.54) is 18.2 Å². The Morgan fingerprint density at radius 1 is 0.979 bits per heavy atom. The number of fused-ring (bicyclic) bond motifs is 1. The summed E-state index contributed by atoms with van der Waals surface area (Å²) in [4.78, 5) is 27.6. The number of nitriles is 1. The zero-order chi connectivity index (χ0) is 33.5. The van der Waals surface area contributed by atoms with Crippen molar-refractivity contribution in [2.24, 2.45) is 5.41 Å². The molecule has 47 heavy (non-hydrogen) atoms. The van der Waals surface area contributed by atoms with Gasteiger partial charge in [0.1, 0.15) is 35.2 Å². The molecule has 0 bridgehead atoms. The topological polar surface area (TPSA) is 99.1 Å². The molecule has 3 heterocycles. The van der Waals surface area contributed by atoms with Gasteiger partial charge in [-0.05, 0) is 48.5 Å². The van der Waals surface area contributed by atoms with Gasteiger partial charge >= 0.3 is 6.18 Å². The first-order valence-electron chi connectivity index (χ1n) is 14.5. The van der Waals surface area contributed by atoms with Gasteiger partial charge < -0.3 is 9.47 Å². The van der Waals surface area contributed by atoms with Crippen LogP contribution in [0.5, 0.6) is 11.5 Å². The van der Waals surface area contributed by atoms with E-state index in [4.69, 9.17) is 14.6 Å². The Labute approximate surface area is 270 Å². The number of halogens is 3. The fourth-order valence-corrected chi connectivity index (χ4v) is 6.20. The van der Waals surface area contributed by atoms with Gasteiger partial charge in [0.05, 0.1) is 21.5 Å². The molecule has 0 saturated heterocycles. The first kappa shape index (κ1) is 31.6. The number of aromatic nitrogens is 3. The molecule has 8 nitrogen and oxygen atoms in total. The lowest BCUT2D eigenvalue weighted by Crippen LogP contribution is -2.34. The number of ketones is 1. The Balaban J connectivity index is 1.67. The van der Waals surface area contributed by atoms with Crippen LogP contribution in [-0.4, -0.2) is 33.3 Å². The number of carbonyl (C=O) groups excluding carboxylic acids is 1. The van der Waals surface area contributed by atoms with Crippen molar-refractivity contribution in [2.45, 2.75) is 26.9 Å². The average Bonchev–Trinajstić information content (AvgIpc) is 3.61. The van der Waals surface area contributed by atoms with Crippen LogP contribution < -0.4 is 24.2 Å². The average molecular weight is 657 g/mol. The highest BCUT2D eigenvalue weighted by atomic mass is 32.1. The molecule has 0 N–H and O–H groups in total. The van der Waals surface area contributed by atoms with Crippen LogP contribution in [0.2, 0.25) is 0 Å². The standard InChI is InChI=1S/C35H27F3N4O4S/c1-34(2,3)31(43)24(19-39)33-42(26-12-8-7-11-25(26)35(36,37)38)32(44)29(47-33)18-22-20-41(23-9-5-4-6-10-23)40-30(22)21-13-14-27-28(17-21)46-16-15-45-27/h4-14,17-18,20H,15-16H2,1-3H3. The van der Waals surface area contributed by atoms with Crippen molar-refractivity contribution >= 4 is 28.8 Å². The van der Waals surface area contributed by atoms with Crippen LogP contribution in [-0.2, 0) is 11.0 Å². The van der Waals surface area contributed by atoms with E-state index in [0.717, 1.165) is 33.7 Å². The van der Waals surface area contributed by atoms with Crippen molar-refractivity contribution in [1.82, 2.24) is 14.3 Å². The molecule has 0 saturated carbocycles. The summed E-state index contributed by atoms with van der Waals surface area (Å²) in [6.07, 6.45) is -1.61. The van der Waals surface area contributed by atoms with Gasteiger partial charge in [-0.2, -0.15) is 23.5 Å². The molecule has 3 aromatic carbocycles. The van der Waals surface area contributed by atoms with E-state index in [1.807, 2.05) is 36.4 Å². The molecule has 0 unspecified atom stereocenters. The summed E-state index contributed by atoms with van der Waals surface area (Å²) in [7, 11) is 0. The third kappa shape index (κ3) is 6.09. The van der Waals surface area contributed by atoms with Crippen molar-refractivity contribution in [3.05, 3.63) is 110 Å². The number of hydrogen-bond donors (Lipinski definition) is 0. The molecule has 2 aromatic heterocycles. The number of carbonyl (C=O) groups is 1. The number of para-hydroxylation sites is 2. The van der Waals surface area contributed by atoms with Crippen LogP contribution in [0.15, 0.2) is 83.8 Å². The molecule has 0 radical (unpaired) electrons. The first-order valence-corrected chi connectivity index (χ1v) is 15.3. The maximum atomic E-state index is 14.2. The van der Waals surface area contributed by atoms with Crippen molar-refractivity contribution in [2.75, 3.05) is 13.2 Å². The number of benzene rings is 3. The predicted octanol–water partition coefficient (Wildman–Crippen LogP) is 5.66. The first-order chi connectivity index (χ1) is 22.4. The summed E-state index contributed by atoms with van der Waals surface area (Å²) < 4.78 is 56.3. The van der Waals surface area contributed by atoms with Gasteiger partial charge in [-0.25, -0.2) is 4.68 Å². The molecule has 0 spiro atoms. The van der Waals surface area contributed by atoms with Crippen molar-refractivity contribution in [3.8, 4) is 40.2 Å². The minimum atomic E-state index is -4.82. The second-order valence-corrected chi connectivity index (χ2v) is 12.7. The zero-order valence-electron chi connectivity index (χ0n) is 25.5. The van der Waals surface area contributed by atoms with E-state index >= 15 is 0 Å². The van der Waals surface area contributed by atoms with E-state index in [9.17, 15) is 28.0 Å². The summed E-state index contributed by atoms with van der Waals surface area (Å²) in [6.45, 7) is 5.57. The minimum Gasteiger partial charge on any atom is -0.486 e. The van der Waals surface area contributed by atoms with Gasteiger partial charge in [0.25, 0.3) is 5.56 Å². The summed E-state index contributed by atoms with van der Waals surface area (Å²) in [5, 5.41) is 14.9. The number of rotatable bonds is 5. The maximum Gasteiger partial charge on any atom is 0.418 e. The van der Waals surface area contributed by atoms with E-state index in [2.05, 4.69) is 0 Å². The van der Waals surface area contributed by atoms with Crippen LogP contribution in [0.4, 0.5) is 13.2 Å². The Hall–Kier alpha value is -5.41. The van der Waals surface area contributed by atoms with Gasteiger partial charge in [-0.1, -0.05) is 51.1 Å². The van der Waals surface area contributed by atoms with E-state index < -0.39 is 39.8 Å². The normalized spacial score (nSPS) is 14.1. The van der Waals surface area contributed by atoms with Gasteiger partial charge in [0.2, 0.25) is 0 Å². The van der Waals surface area contributed by atoms with Crippen LogP contribution in [0.1, 0.15) is 31.9 Å². The minimum absolute atomic E-state index is 0.00200. The molecular weight excluding hydrogens is 629 g/mol. The van der Waals surface area contributed by atoms with Gasteiger partial charge in [0.15, 0.2) is 17.3 Å². The number of Topliss-reactive ketones (excluding diaryl/α,β-unsaturated/α-hetero) is 1. The SMILES string of the molecule is CC(C)(C)C(=O)C(C#N)=c1sc(=Cc2cn(-c3ccccc3)nc2-c2ccc3c(c2)OCCO3)c(=O)n1-c1ccccc1C(F)(F)F. The van der Waals surface area contributed by atoms with Crippen LogP contribution in [0, 0.1) is 16.7 Å². The van der Waals surface area contributed by atoms with Crippen LogP contribution in [0.3, 0.4) is 0 Å². The molecular formula is C35H27F3N4O4S. The number of hydrogen-bond acceptors (Lipinski definition) is 7. The van der Waals surface area contributed by atoms with Crippen molar-refractivity contribution < 1.29 is 27.4 Å². The molecule has 0 fully saturated rings. The third-order valence-electron chi connectivity index (χ3n) is 7.37. The number of nitrogens with zero attached hydrogens (tertiary/aromatic N) is 4. The summed E-state index contributed by atoms with van der Waals surface area (Å²) >= 11 is 0.770. The van der Waals surface area contributed by atoms with E-state index in [-0.39, 0.29) is 9.20 Å². The highest BCUT2D eigenvalue weighted by Gasteiger charge is 2.35. The predicted molar refractivity (Wildman–Crippen MR) is 171 cm³/mol. The Morgan fingerprint density at radius 3 is 2.34 bits per heavy atom. The highest BCUT2D eigenvalue weighted by Crippen LogP contribution is 2.36. The molecule has 1 aliphatic heterocycles. The molecule has 1 aliphatic rings. The quantitative estimate of drug-likeness (QED) is 0.242. The Morgan fingerprint density at radius 2 is 1.66 bits per heavy atom. The molecule has 5 aromatic rings. The molecule has 0 amide bonds. The molecule has 0 atom stereocenters. The highest BCUT2D eigenvalue weighted by molar-refractivity contribution is 7.07.